The van der Waals surface area contributed by atoms with Crippen molar-refractivity contribution in [1.29, 1.82) is 0 Å². The van der Waals surface area contributed by atoms with E-state index in [4.69, 9.17) is 13.6 Å². The molecule has 0 radical (unpaired) electrons. The van der Waals surface area contributed by atoms with Gasteiger partial charge in [-0.1, -0.05) is 0 Å². The summed E-state index contributed by atoms with van der Waals surface area (Å²) in [6.45, 7) is 8.55. The Morgan fingerprint density at radius 1 is 1.25 bits per heavy atom. The zero-order valence-corrected chi connectivity index (χ0v) is 13.3. The maximum atomic E-state index is 12.3. The van der Waals surface area contributed by atoms with Crippen LogP contribution >= 0.6 is 7.82 Å². The number of hydrogen-bond donors (Lipinski definition) is 1. The molecule has 0 amide bonds. The predicted octanol–water partition coefficient (Wildman–Crippen LogP) is 2.57. The Morgan fingerprint density at radius 2 is 1.80 bits per heavy atom. The van der Waals surface area contributed by atoms with E-state index in [2.05, 4.69) is 9.97 Å². The lowest BCUT2D eigenvalue weighted by Gasteiger charge is -2.19. The molecule has 1 rings (SSSR count). The maximum Gasteiger partial charge on any atom is 0.531 e. The summed E-state index contributed by atoms with van der Waals surface area (Å²) in [5.41, 5.74) is -0.655. The Balaban J connectivity index is 3.07. The van der Waals surface area contributed by atoms with Crippen LogP contribution < -0.4 is 4.52 Å². The molecule has 1 aromatic rings. The lowest BCUT2D eigenvalue weighted by molar-refractivity contribution is 0.0676. The largest absolute Gasteiger partial charge is 0.531 e. The van der Waals surface area contributed by atoms with Crippen LogP contribution in [-0.2, 0) is 19.2 Å². The summed E-state index contributed by atoms with van der Waals surface area (Å²) in [6.07, 6.45) is 0. The Morgan fingerprint density at radius 3 is 2.25 bits per heavy atom. The van der Waals surface area contributed by atoms with Crippen molar-refractivity contribution < 1.29 is 23.2 Å². The molecule has 0 bridgehead atoms. The summed E-state index contributed by atoms with van der Waals surface area (Å²) in [5, 5.41) is 9.93. The average molecular weight is 304 g/mol. The smallest absolute Gasteiger partial charge is 0.385 e. The molecular weight excluding hydrogens is 283 g/mol. The van der Waals surface area contributed by atoms with E-state index in [0.717, 1.165) is 0 Å². The Labute approximate surface area is 118 Å². The van der Waals surface area contributed by atoms with E-state index in [9.17, 15) is 9.67 Å². The van der Waals surface area contributed by atoms with E-state index < -0.39 is 13.4 Å². The summed E-state index contributed by atoms with van der Waals surface area (Å²) in [6, 6.07) is 1.50. The van der Waals surface area contributed by atoms with Crippen LogP contribution in [-0.4, -0.2) is 28.3 Å². The number of aryl methyl sites for hydroxylation is 1. The second-order valence-electron chi connectivity index (χ2n) is 4.60. The Hall–Kier alpha value is -1.01. The average Bonchev–Trinajstić information content (AvgIpc) is 2.26. The molecule has 20 heavy (non-hydrogen) atoms. The minimum Gasteiger partial charge on any atom is -0.385 e. The minimum atomic E-state index is -3.71. The van der Waals surface area contributed by atoms with E-state index in [1.54, 1.807) is 34.6 Å². The van der Waals surface area contributed by atoms with Crippen molar-refractivity contribution in [1.82, 2.24) is 9.97 Å². The summed E-state index contributed by atoms with van der Waals surface area (Å²) >= 11 is 0. The molecule has 0 aromatic carbocycles. The van der Waals surface area contributed by atoms with Crippen LogP contribution in [0.1, 0.15) is 39.2 Å². The SMILES string of the molecule is CCOP(=O)(OCC)Oc1cc(C)nc(C(C)(C)O)n1. The molecule has 0 aliphatic heterocycles. The first-order valence-corrected chi connectivity index (χ1v) is 7.83. The Bertz CT molecular complexity index is 491. The Kier molecular flexibility index (Phi) is 5.65. The molecule has 8 heteroatoms. The quantitative estimate of drug-likeness (QED) is 0.774. The lowest BCUT2D eigenvalue weighted by atomic mass is 10.1. The zero-order chi connectivity index (χ0) is 15.4. The highest BCUT2D eigenvalue weighted by molar-refractivity contribution is 7.48. The van der Waals surface area contributed by atoms with Gasteiger partial charge >= 0.3 is 7.82 Å². The van der Waals surface area contributed by atoms with E-state index in [0.29, 0.717) is 5.69 Å². The lowest BCUT2D eigenvalue weighted by Crippen LogP contribution is -2.20. The summed E-state index contributed by atoms with van der Waals surface area (Å²) in [7, 11) is -3.71. The molecule has 1 aromatic heterocycles. The molecule has 1 N–H and O–H groups in total. The first-order valence-electron chi connectivity index (χ1n) is 6.37. The van der Waals surface area contributed by atoms with Crippen molar-refractivity contribution in [3.63, 3.8) is 0 Å². The topological polar surface area (TPSA) is 90.8 Å². The summed E-state index contributed by atoms with van der Waals surface area (Å²) < 4.78 is 27.6. The molecule has 0 saturated heterocycles. The number of nitrogens with zero attached hydrogens (tertiary/aromatic N) is 2. The second kappa shape index (κ2) is 6.63. The molecule has 1 heterocycles. The van der Waals surface area contributed by atoms with Crippen LogP contribution in [0, 0.1) is 6.92 Å². The third-order valence-corrected chi connectivity index (χ3v) is 3.72. The summed E-state index contributed by atoms with van der Waals surface area (Å²) in [5.74, 6) is 0.215. The highest BCUT2D eigenvalue weighted by Gasteiger charge is 2.29. The fourth-order valence-corrected chi connectivity index (χ4v) is 2.52. The predicted molar refractivity (Wildman–Crippen MR) is 73.5 cm³/mol. The van der Waals surface area contributed by atoms with Gasteiger partial charge in [0.05, 0.1) is 13.2 Å². The van der Waals surface area contributed by atoms with Crippen molar-refractivity contribution in [2.45, 2.75) is 40.2 Å². The van der Waals surface area contributed by atoms with Crippen LogP contribution in [0.3, 0.4) is 0 Å². The second-order valence-corrected chi connectivity index (χ2v) is 6.20. The van der Waals surface area contributed by atoms with Crippen LogP contribution in [0.5, 0.6) is 5.88 Å². The molecule has 0 spiro atoms. The standard InChI is InChI=1S/C12H21N2O5P/c1-6-17-20(16,18-7-2)19-10-8-9(3)13-11(14-10)12(4,5)15/h8,15H,6-7H2,1-5H3. The monoisotopic (exact) mass is 304 g/mol. The third kappa shape index (κ3) is 4.83. The van der Waals surface area contributed by atoms with Crippen molar-refractivity contribution >= 4 is 7.82 Å². The van der Waals surface area contributed by atoms with Gasteiger partial charge in [0.1, 0.15) is 5.60 Å². The van der Waals surface area contributed by atoms with Gasteiger partial charge in [0.2, 0.25) is 5.88 Å². The van der Waals surface area contributed by atoms with Crippen LogP contribution in [0.2, 0.25) is 0 Å². The van der Waals surface area contributed by atoms with Crippen LogP contribution in [0.4, 0.5) is 0 Å². The van der Waals surface area contributed by atoms with E-state index in [-0.39, 0.29) is 24.9 Å². The number of phosphoric ester groups is 1. The fraction of sp³-hybridized carbons (Fsp3) is 0.667. The van der Waals surface area contributed by atoms with Crippen molar-refractivity contribution in [2.75, 3.05) is 13.2 Å². The zero-order valence-electron chi connectivity index (χ0n) is 12.4. The minimum absolute atomic E-state index is 0.0415. The number of aliphatic hydroxyl groups is 1. The van der Waals surface area contributed by atoms with Crippen molar-refractivity contribution in [2.24, 2.45) is 0 Å². The van der Waals surface area contributed by atoms with Crippen molar-refractivity contribution in [3.05, 3.63) is 17.6 Å². The summed E-state index contributed by atoms with van der Waals surface area (Å²) in [4.78, 5) is 8.15. The third-order valence-electron chi connectivity index (χ3n) is 2.16. The van der Waals surface area contributed by atoms with Gasteiger partial charge in [-0.25, -0.2) is 9.55 Å². The molecule has 7 nitrogen and oxygen atoms in total. The fourth-order valence-electron chi connectivity index (χ4n) is 1.38. The van der Waals surface area contributed by atoms with Gasteiger partial charge in [0, 0.05) is 11.8 Å². The normalized spacial score (nSPS) is 12.5. The number of aromatic nitrogens is 2. The molecule has 0 unspecified atom stereocenters. The number of phosphoric acid groups is 1. The highest BCUT2D eigenvalue weighted by Crippen LogP contribution is 2.48. The maximum absolute atomic E-state index is 12.3. The van der Waals surface area contributed by atoms with Gasteiger partial charge < -0.3 is 9.63 Å². The molecule has 114 valence electrons. The number of rotatable bonds is 7. The van der Waals surface area contributed by atoms with Gasteiger partial charge in [-0.05, 0) is 34.6 Å². The van der Waals surface area contributed by atoms with E-state index in [1.807, 2.05) is 0 Å². The molecule has 0 fully saturated rings. The number of hydrogen-bond acceptors (Lipinski definition) is 7. The molecule has 0 atom stereocenters. The van der Waals surface area contributed by atoms with E-state index >= 15 is 0 Å². The van der Waals surface area contributed by atoms with Gasteiger partial charge in [0.15, 0.2) is 5.82 Å². The van der Waals surface area contributed by atoms with Gasteiger partial charge in [0.25, 0.3) is 0 Å². The first kappa shape index (κ1) is 17.0. The van der Waals surface area contributed by atoms with Gasteiger partial charge in [-0.3, -0.25) is 9.05 Å². The molecule has 0 aliphatic rings. The van der Waals surface area contributed by atoms with Crippen LogP contribution in [0.15, 0.2) is 6.07 Å². The van der Waals surface area contributed by atoms with Crippen molar-refractivity contribution in [3.8, 4) is 5.88 Å². The van der Waals surface area contributed by atoms with Gasteiger partial charge in [-0.2, -0.15) is 4.98 Å². The molecular formula is C12H21N2O5P. The van der Waals surface area contributed by atoms with Crippen LogP contribution in [0.25, 0.3) is 0 Å². The van der Waals surface area contributed by atoms with Gasteiger partial charge in [-0.15, -0.1) is 0 Å². The highest BCUT2D eigenvalue weighted by atomic mass is 31.2. The molecule has 0 saturated carbocycles. The van der Waals surface area contributed by atoms with E-state index in [1.165, 1.54) is 6.07 Å². The molecule has 0 aliphatic carbocycles. The first-order chi connectivity index (χ1) is 9.20.